The predicted octanol–water partition coefficient (Wildman–Crippen LogP) is 1.88. The van der Waals surface area contributed by atoms with Crippen molar-refractivity contribution in [3.63, 3.8) is 0 Å². The Morgan fingerprint density at radius 1 is 1.19 bits per heavy atom. The summed E-state index contributed by atoms with van der Waals surface area (Å²) in [6.07, 6.45) is 0.645. The highest BCUT2D eigenvalue weighted by molar-refractivity contribution is 6.33. The van der Waals surface area contributed by atoms with Gasteiger partial charge in [0, 0.05) is 20.1 Å². The SMILES string of the molecule is CC(C)C[C@H]1C(=O)N2CCN(C(=O)c3ccccc3Cl)C[C@@H]2C(=O)N1C. The summed E-state index contributed by atoms with van der Waals surface area (Å²) in [7, 11) is 1.68. The van der Waals surface area contributed by atoms with Gasteiger partial charge in [0.1, 0.15) is 12.1 Å². The van der Waals surface area contributed by atoms with Crippen LogP contribution in [0.4, 0.5) is 0 Å². The van der Waals surface area contributed by atoms with E-state index in [4.69, 9.17) is 11.6 Å². The third-order valence-electron chi connectivity index (χ3n) is 5.13. The van der Waals surface area contributed by atoms with Crippen LogP contribution in [-0.4, -0.2) is 71.2 Å². The molecule has 2 saturated heterocycles. The Bertz CT molecular complexity index is 736. The van der Waals surface area contributed by atoms with Crippen molar-refractivity contribution in [1.29, 1.82) is 0 Å². The van der Waals surface area contributed by atoms with Crippen molar-refractivity contribution in [3.05, 3.63) is 34.9 Å². The first kappa shape index (κ1) is 18.7. The lowest BCUT2D eigenvalue weighted by Gasteiger charge is -2.48. The molecule has 1 aromatic carbocycles. The van der Waals surface area contributed by atoms with E-state index >= 15 is 0 Å². The second-order valence-corrected chi connectivity index (χ2v) is 7.78. The lowest BCUT2D eigenvalue weighted by atomic mass is 9.95. The van der Waals surface area contributed by atoms with Crippen molar-refractivity contribution in [2.75, 3.05) is 26.7 Å². The standard InChI is InChI=1S/C19H24ClN3O3/c1-12(2)10-15-19(26)23-9-8-22(11-16(23)18(25)21(15)3)17(24)13-6-4-5-7-14(13)20/h4-7,12,15-16H,8-11H2,1-3H3/t15-,16+/m0/s1. The number of piperazine rings is 2. The summed E-state index contributed by atoms with van der Waals surface area (Å²) >= 11 is 6.13. The number of halogens is 1. The summed E-state index contributed by atoms with van der Waals surface area (Å²) in [4.78, 5) is 43.3. The van der Waals surface area contributed by atoms with Gasteiger partial charge in [0.05, 0.1) is 17.1 Å². The van der Waals surface area contributed by atoms with Crippen LogP contribution in [0, 0.1) is 5.92 Å². The van der Waals surface area contributed by atoms with E-state index in [0.717, 1.165) is 0 Å². The topological polar surface area (TPSA) is 60.9 Å². The minimum atomic E-state index is -0.615. The van der Waals surface area contributed by atoms with Gasteiger partial charge >= 0.3 is 0 Å². The van der Waals surface area contributed by atoms with Crippen molar-refractivity contribution in [3.8, 4) is 0 Å². The number of hydrogen-bond donors (Lipinski definition) is 0. The molecule has 0 saturated carbocycles. The van der Waals surface area contributed by atoms with Gasteiger partial charge in [-0.15, -0.1) is 0 Å². The number of fused-ring (bicyclic) bond motifs is 1. The van der Waals surface area contributed by atoms with Gasteiger partial charge in [-0.1, -0.05) is 37.6 Å². The van der Waals surface area contributed by atoms with Gasteiger partial charge in [-0.3, -0.25) is 14.4 Å². The van der Waals surface area contributed by atoms with Gasteiger partial charge in [0.15, 0.2) is 0 Å². The molecule has 7 heteroatoms. The van der Waals surface area contributed by atoms with E-state index in [1.807, 2.05) is 13.8 Å². The van der Waals surface area contributed by atoms with E-state index in [1.54, 1.807) is 46.0 Å². The fraction of sp³-hybridized carbons (Fsp3) is 0.526. The highest BCUT2D eigenvalue weighted by Crippen LogP contribution is 2.26. The number of rotatable bonds is 3. The Morgan fingerprint density at radius 2 is 1.88 bits per heavy atom. The fourth-order valence-electron chi connectivity index (χ4n) is 3.70. The second-order valence-electron chi connectivity index (χ2n) is 7.37. The molecule has 0 bridgehead atoms. The van der Waals surface area contributed by atoms with Crippen LogP contribution in [0.15, 0.2) is 24.3 Å². The molecule has 2 aliphatic heterocycles. The maximum Gasteiger partial charge on any atom is 0.255 e. The second kappa shape index (κ2) is 7.27. The first-order valence-corrected chi connectivity index (χ1v) is 9.30. The summed E-state index contributed by atoms with van der Waals surface area (Å²) < 4.78 is 0. The van der Waals surface area contributed by atoms with Crippen molar-refractivity contribution in [2.45, 2.75) is 32.4 Å². The Kier molecular flexibility index (Phi) is 5.23. The minimum Gasteiger partial charge on any atom is -0.334 e. The molecule has 3 rings (SSSR count). The first-order valence-electron chi connectivity index (χ1n) is 8.92. The zero-order valence-electron chi connectivity index (χ0n) is 15.3. The van der Waals surface area contributed by atoms with Gasteiger partial charge in [0.25, 0.3) is 5.91 Å². The molecule has 140 valence electrons. The van der Waals surface area contributed by atoms with Gasteiger partial charge in [-0.2, -0.15) is 0 Å². The number of carbonyl (C=O) groups is 3. The zero-order chi connectivity index (χ0) is 19.0. The van der Waals surface area contributed by atoms with Crippen LogP contribution >= 0.6 is 11.6 Å². The molecule has 2 heterocycles. The van der Waals surface area contributed by atoms with Crippen molar-refractivity contribution < 1.29 is 14.4 Å². The van der Waals surface area contributed by atoms with Crippen LogP contribution in [0.25, 0.3) is 0 Å². The molecule has 0 spiro atoms. The van der Waals surface area contributed by atoms with Gasteiger partial charge < -0.3 is 14.7 Å². The van der Waals surface area contributed by atoms with Crippen LogP contribution in [0.2, 0.25) is 5.02 Å². The average molecular weight is 378 g/mol. The molecule has 26 heavy (non-hydrogen) atoms. The smallest absolute Gasteiger partial charge is 0.255 e. The third-order valence-corrected chi connectivity index (χ3v) is 5.46. The molecule has 6 nitrogen and oxygen atoms in total. The molecule has 0 radical (unpaired) electrons. The van der Waals surface area contributed by atoms with Crippen LogP contribution in [0.5, 0.6) is 0 Å². The van der Waals surface area contributed by atoms with Crippen LogP contribution in [-0.2, 0) is 9.59 Å². The van der Waals surface area contributed by atoms with Crippen LogP contribution in [0.3, 0.4) is 0 Å². The molecule has 0 N–H and O–H groups in total. The molecule has 2 atom stereocenters. The Balaban J connectivity index is 1.79. The third kappa shape index (κ3) is 3.30. The molecule has 0 aromatic heterocycles. The normalized spacial score (nSPS) is 23.5. The lowest BCUT2D eigenvalue weighted by molar-refractivity contribution is -0.163. The summed E-state index contributed by atoms with van der Waals surface area (Å²) in [5, 5.41) is 0.389. The van der Waals surface area contributed by atoms with E-state index in [0.29, 0.717) is 36.0 Å². The fourth-order valence-corrected chi connectivity index (χ4v) is 3.92. The quantitative estimate of drug-likeness (QED) is 0.808. The largest absolute Gasteiger partial charge is 0.334 e. The van der Waals surface area contributed by atoms with Crippen molar-refractivity contribution >= 4 is 29.3 Å². The summed E-state index contributed by atoms with van der Waals surface area (Å²) in [5.41, 5.74) is 0.420. The van der Waals surface area contributed by atoms with Gasteiger partial charge in [-0.25, -0.2) is 0 Å². The highest BCUT2D eigenvalue weighted by Gasteiger charge is 2.47. The molecule has 2 fully saturated rings. The number of carbonyl (C=O) groups excluding carboxylic acids is 3. The lowest BCUT2D eigenvalue weighted by Crippen LogP contribution is -2.69. The van der Waals surface area contributed by atoms with Gasteiger partial charge in [-0.05, 0) is 24.5 Å². The first-order chi connectivity index (χ1) is 12.3. The molecule has 0 aliphatic carbocycles. The maximum absolute atomic E-state index is 12.9. The van der Waals surface area contributed by atoms with Gasteiger partial charge in [0.2, 0.25) is 11.8 Å². The number of hydrogen-bond acceptors (Lipinski definition) is 3. The van der Waals surface area contributed by atoms with Crippen molar-refractivity contribution in [2.24, 2.45) is 5.92 Å². The molecular weight excluding hydrogens is 354 g/mol. The van der Waals surface area contributed by atoms with E-state index in [1.165, 1.54) is 0 Å². The summed E-state index contributed by atoms with van der Waals surface area (Å²) in [6.45, 7) is 5.05. The van der Waals surface area contributed by atoms with Crippen LogP contribution in [0.1, 0.15) is 30.6 Å². The highest BCUT2D eigenvalue weighted by atomic mass is 35.5. The number of nitrogens with zero attached hydrogens (tertiary/aromatic N) is 3. The minimum absolute atomic E-state index is 0.0179. The summed E-state index contributed by atoms with van der Waals surface area (Å²) in [5.74, 6) is -0.0103. The molecule has 3 amide bonds. The zero-order valence-corrected chi connectivity index (χ0v) is 16.1. The average Bonchev–Trinajstić information content (AvgIpc) is 2.62. The van der Waals surface area contributed by atoms with E-state index in [2.05, 4.69) is 0 Å². The molecule has 2 aliphatic rings. The van der Waals surface area contributed by atoms with E-state index in [9.17, 15) is 14.4 Å². The van der Waals surface area contributed by atoms with E-state index in [-0.39, 0.29) is 24.3 Å². The molecule has 0 unspecified atom stereocenters. The number of likely N-dealkylation sites (N-methyl/N-ethyl adjacent to an activating group) is 1. The number of amides is 3. The number of benzene rings is 1. The van der Waals surface area contributed by atoms with E-state index < -0.39 is 12.1 Å². The maximum atomic E-state index is 12.9. The Hall–Kier alpha value is -2.08. The predicted molar refractivity (Wildman–Crippen MR) is 98.9 cm³/mol. The Morgan fingerprint density at radius 3 is 2.54 bits per heavy atom. The summed E-state index contributed by atoms with van der Waals surface area (Å²) in [6, 6.07) is 5.85. The Labute approximate surface area is 158 Å². The van der Waals surface area contributed by atoms with Crippen molar-refractivity contribution in [1.82, 2.24) is 14.7 Å². The molecule has 1 aromatic rings. The van der Waals surface area contributed by atoms with Crippen LogP contribution < -0.4 is 0 Å². The monoisotopic (exact) mass is 377 g/mol. The molecular formula is C19H24ClN3O3.